The van der Waals surface area contributed by atoms with E-state index in [4.69, 9.17) is 4.74 Å². The number of nitrogens with one attached hydrogen (secondary N) is 1. The molecule has 0 bridgehead atoms. The smallest absolute Gasteiger partial charge is 0.416 e. The molecule has 108 valence electrons. The molecule has 1 rings (SSSR count). The van der Waals surface area contributed by atoms with Crippen LogP contribution < -0.4 is 10.1 Å². The fourth-order valence-electron chi connectivity index (χ4n) is 1.77. The molecule has 0 saturated carbocycles. The van der Waals surface area contributed by atoms with Crippen LogP contribution in [-0.2, 0) is 6.18 Å². The Labute approximate surface area is 112 Å². The minimum atomic E-state index is -4.33. The molecule has 0 aliphatic rings. The third-order valence-electron chi connectivity index (χ3n) is 2.95. The first-order valence-electron chi connectivity index (χ1n) is 6.50. The third kappa shape index (κ3) is 5.51. The Kier molecular flexibility index (Phi) is 6.15. The van der Waals surface area contributed by atoms with E-state index in [9.17, 15) is 13.2 Å². The van der Waals surface area contributed by atoms with E-state index in [1.165, 1.54) is 12.1 Å². The van der Waals surface area contributed by atoms with Gasteiger partial charge in [0.25, 0.3) is 0 Å². The first kappa shape index (κ1) is 15.8. The fraction of sp³-hybridized carbons (Fsp3) is 0.571. The van der Waals surface area contributed by atoms with Crippen LogP contribution in [0.5, 0.6) is 5.75 Å². The van der Waals surface area contributed by atoms with E-state index < -0.39 is 11.7 Å². The number of hydrogen-bond donors (Lipinski definition) is 1. The standard InChI is InChI=1S/C14H20F3NO/c1-3-12(4-2)18-8-9-19-13-7-5-6-11(10-13)14(15,16)17/h5-7,10,12,18H,3-4,8-9H2,1-2H3. The predicted molar refractivity (Wildman–Crippen MR) is 69.3 cm³/mol. The highest BCUT2D eigenvalue weighted by Gasteiger charge is 2.30. The number of benzene rings is 1. The largest absolute Gasteiger partial charge is 0.492 e. The molecule has 0 spiro atoms. The first-order valence-corrected chi connectivity index (χ1v) is 6.50. The lowest BCUT2D eigenvalue weighted by atomic mass is 10.2. The first-order chi connectivity index (χ1) is 8.97. The highest BCUT2D eigenvalue weighted by atomic mass is 19.4. The molecular weight excluding hydrogens is 255 g/mol. The molecule has 0 aliphatic carbocycles. The molecule has 1 aromatic rings. The van der Waals surface area contributed by atoms with Gasteiger partial charge in [-0.05, 0) is 31.0 Å². The van der Waals surface area contributed by atoms with Crippen LogP contribution in [0.2, 0.25) is 0 Å². The van der Waals surface area contributed by atoms with E-state index in [1.807, 2.05) is 0 Å². The number of rotatable bonds is 7. The van der Waals surface area contributed by atoms with E-state index in [1.54, 1.807) is 0 Å². The number of alkyl halides is 3. The quantitative estimate of drug-likeness (QED) is 0.763. The van der Waals surface area contributed by atoms with Crippen molar-refractivity contribution < 1.29 is 17.9 Å². The Bertz CT molecular complexity index is 375. The Morgan fingerprint density at radius 2 is 1.89 bits per heavy atom. The van der Waals surface area contributed by atoms with Crippen molar-refractivity contribution in [3.05, 3.63) is 29.8 Å². The summed E-state index contributed by atoms with van der Waals surface area (Å²) in [5.74, 6) is 0.251. The molecule has 2 nitrogen and oxygen atoms in total. The van der Waals surface area contributed by atoms with Crippen molar-refractivity contribution in [1.82, 2.24) is 5.32 Å². The molecule has 0 fully saturated rings. The number of hydrogen-bond acceptors (Lipinski definition) is 2. The Morgan fingerprint density at radius 1 is 1.21 bits per heavy atom. The average molecular weight is 275 g/mol. The predicted octanol–water partition coefficient (Wildman–Crippen LogP) is 3.86. The number of halogens is 3. The second-order valence-electron chi connectivity index (χ2n) is 4.34. The van der Waals surface area contributed by atoms with E-state index in [0.29, 0.717) is 19.2 Å². The summed E-state index contributed by atoms with van der Waals surface area (Å²) in [5, 5.41) is 3.29. The van der Waals surface area contributed by atoms with Crippen LogP contribution in [0.25, 0.3) is 0 Å². The second kappa shape index (κ2) is 7.38. The summed E-state index contributed by atoms with van der Waals surface area (Å²) in [6, 6.07) is 5.38. The monoisotopic (exact) mass is 275 g/mol. The van der Waals surface area contributed by atoms with Gasteiger partial charge in [0, 0.05) is 12.6 Å². The van der Waals surface area contributed by atoms with E-state index in [2.05, 4.69) is 19.2 Å². The lowest BCUT2D eigenvalue weighted by molar-refractivity contribution is -0.137. The Balaban J connectivity index is 2.42. The zero-order chi connectivity index (χ0) is 14.3. The summed E-state index contributed by atoms with van der Waals surface area (Å²) in [7, 11) is 0. The van der Waals surface area contributed by atoms with Crippen molar-refractivity contribution in [3.63, 3.8) is 0 Å². The Hall–Kier alpha value is -1.23. The lowest BCUT2D eigenvalue weighted by Crippen LogP contribution is -2.31. The molecule has 19 heavy (non-hydrogen) atoms. The molecule has 0 aromatic heterocycles. The van der Waals surface area contributed by atoms with Crippen molar-refractivity contribution >= 4 is 0 Å². The van der Waals surface area contributed by atoms with Crippen molar-refractivity contribution in [1.29, 1.82) is 0 Å². The van der Waals surface area contributed by atoms with Crippen LogP contribution in [0.4, 0.5) is 13.2 Å². The molecule has 0 unspecified atom stereocenters. The number of ether oxygens (including phenoxy) is 1. The van der Waals surface area contributed by atoms with Crippen molar-refractivity contribution in [3.8, 4) is 5.75 Å². The van der Waals surface area contributed by atoms with E-state index in [0.717, 1.165) is 25.0 Å². The SMILES string of the molecule is CCC(CC)NCCOc1cccc(C(F)(F)F)c1. The van der Waals surface area contributed by atoms with Crippen LogP contribution in [-0.4, -0.2) is 19.2 Å². The van der Waals surface area contributed by atoms with Gasteiger partial charge in [0.15, 0.2) is 0 Å². The fourth-order valence-corrected chi connectivity index (χ4v) is 1.77. The van der Waals surface area contributed by atoms with E-state index in [-0.39, 0.29) is 5.75 Å². The van der Waals surface area contributed by atoms with Crippen molar-refractivity contribution in [2.75, 3.05) is 13.2 Å². The topological polar surface area (TPSA) is 21.3 Å². The molecule has 1 aromatic carbocycles. The average Bonchev–Trinajstić information content (AvgIpc) is 2.38. The molecule has 1 N–H and O–H groups in total. The molecule has 5 heteroatoms. The van der Waals surface area contributed by atoms with Gasteiger partial charge in [-0.25, -0.2) is 0 Å². The van der Waals surface area contributed by atoms with Gasteiger partial charge < -0.3 is 10.1 Å². The van der Waals surface area contributed by atoms with Crippen LogP contribution in [0.3, 0.4) is 0 Å². The van der Waals surface area contributed by atoms with Gasteiger partial charge in [-0.1, -0.05) is 19.9 Å². The zero-order valence-corrected chi connectivity index (χ0v) is 11.3. The summed E-state index contributed by atoms with van der Waals surface area (Å²) in [5.41, 5.74) is -0.682. The molecular formula is C14H20F3NO. The maximum Gasteiger partial charge on any atom is 0.416 e. The maximum atomic E-state index is 12.5. The molecule has 0 atom stereocenters. The third-order valence-corrected chi connectivity index (χ3v) is 2.95. The summed E-state index contributed by atoms with van der Waals surface area (Å²) in [6.07, 6.45) is -2.27. The maximum absolute atomic E-state index is 12.5. The lowest BCUT2D eigenvalue weighted by Gasteiger charge is -2.15. The van der Waals surface area contributed by atoms with Gasteiger partial charge in [0.05, 0.1) is 5.56 Å². The summed E-state index contributed by atoms with van der Waals surface area (Å²) >= 11 is 0. The van der Waals surface area contributed by atoms with E-state index >= 15 is 0 Å². The summed E-state index contributed by atoms with van der Waals surface area (Å²) < 4.78 is 42.8. The normalized spacial score (nSPS) is 11.9. The van der Waals surface area contributed by atoms with Gasteiger partial charge in [-0.3, -0.25) is 0 Å². The van der Waals surface area contributed by atoms with Crippen LogP contribution in [0, 0.1) is 0 Å². The molecule has 0 heterocycles. The molecule has 0 saturated heterocycles. The minimum absolute atomic E-state index is 0.251. The van der Waals surface area contributed by atoms with Gasteiger partial charge in [0.2, 0.25) is 0 Å². The van der Waals surface area contributed by atoms with Crippen LogP contribution in [0.15, 0.2) is 24.3 Å². The molecule has 0 radical (unpaired) electrons. The summed E-state index contributed by atoms with van der Waals surface area (Å²) in [6.45, 7) is 5.17. The molecule has 0 amide bonds. The Morgan fingerprint density at radius 3 is 2.47 bits per heavy atom. The van der Waals surface area contributed by atoms with Gasteiger partial charge in [-0.15, -0.1) is 0 Å². The van der Waals surface area contributed by atoms with Crippen LogP contribution >= 0.6 is 0 Å². The minimum Gasteiger partial charge on any atom is -0.492 e. The van der Waals surface area contributed by atoms with Crippen molar-refractivity contribution in [2.24, 2.45) is 0 Å². The second-order valence-corrected chi connectivity index (χ2v) is 4.34. The van der Waals surface area contributed by atoms with Crippen LogP contribution in [0.1, 0.15) is 32.3 Å². The summed E-state index contributed by atoms with van der Waals surface area (Å²) in [4.78, 5) is 0. The van der Waals surface area contributed by atoms with Gasteiger partial charge in [-0.2, -0.15) is 13.2 Å². The molecule has 0 aliphatic heterocycles. The van der Waals surface area contributed by atoms with Crippen molar-refractivity contribution in [2.45, 2.75) is 38.9 Å². The van der Waals surface area contributed by atoms with Gasteiger partial charge in [0.1, 0.15) is 12.4 Å². The zero-order valence-electron chi connectivity index (χ0n) is 11.3. The van der Waals surface area contributed by atoms with Gasteiger partial charge >= 0.3 is 6.18 Å². The highest BCUT2D eigenvalue weighted by molar-refractivity contribution is 5.30. The highest BCUT2D eigenvalue weighted by Crippen LogP contribution is 2.31.